The van der Waals surface area contributed by atoms with Crippen LogP contribution < -0.4 is 0 Å². The number of hydrogen-bond acceptors (Lipinski definition) is 2. The van der Waals surface area contributed by atoms with Gasteiger partial charge in [0.05, 0.1) is 5.60 Å². The van der Waals surface area contributed by atoms with Gasteiger partial charge in [-0.2, -0.15) is 0 Å². The van der Waals surface area contributed by atoms with Gasteiger partial charge in [0.2, 0.25) is 0 Å². The second-order valence-corrected chi connectivity index (χ2v) is 10.5. The molecule has 0 amide bonds. The van der Waals surface area contributed by atoms with E-state index in [1.807, 2.05) is 13.8 Å². The summed E-state index contributed by atoms with van der Waals surface area (Å²) >= 11 is 0. The van der Waals surface area contributed by atoms with Gasteiger partial charge in [-0.05, 0) is 106 Å². The molecule has 4 saturated carbocycles. The minimum Gasteiger partial charge on any atom is -0.390 e. The van der Waals surface area contributed by atoms with Crippen molar-refractivity contribution in [2.24, 2.45) is 46.8 Å². The van der Waals surface area contributed by atoms with E-state index in [0.29, 0.717) is 17.6 Å². The maximum atomic E-state index is 12.3. The molecule has 0 bridgehead atoms. The van der Waals surface area contributed by atoms with Crippen molar-refractivity contribution in [1.29, 1.82) is 0 Å². The van der Waals surface area contributed by atoms with Crippen molar-refractivity contribution in [3.63, 3.8) is 0 Å². The highest BCUT2D eigenvalue weighted by atomic mass is 16.3. The SMILES string of the molecule is CC(=O)[C@H]1C[C@@H](C)[C@H]2[C@@H]3CC[C@@H]4C[C@](C)(O)CC[C@@H]4[C@H]3CC[C@@]21C. The highest BCUT2D eigenvalue weighted by molar-refractivity contribution is 5.79. The molecule has 4 rings (SSSR count). The first kappa shape index (κ1) is 17.1. The van der Waals surface area contributed by atoms with E-state index in [2.05, 4.69) is 13.8 Å². The van der Waals surface area contributed by atoms with E-state index in [1.165, 1.54) is 32.1 Å². The third kappa shape index (κ3) is 2.42. The number of aliphatic hydroxyl groups is 1. The number of carbonyl (C=O) groups excluding carboxylic acids is 1. The van der Waals surface area contributed by atoms with Crippen LogP contribution in [0.4, 0.5) is 0 Å². The van der Waals surface area contributed by atoms with E-state index >= 15 is 0 Å². The van der Waals surface area contributed by atoms with E-state index in [1.54, 1.807) is 0 Å². The summed E-state index contributed by atoms with van der Waals surface area (Å²) in [5.41, 5.74) is -0.156. The molecule has 2 nitrogen and oxygen atoms in total. The minimum absolute atomic E-state index is 0.263. The van der Waals surface area contributed by atoms with E-state index in [9.17, 15) is 9.90 Å². The van der Waals surface area contributed by atoms with Crippen LogP contribution in [0.3, 0.4) is 0 Å². The average Bonchev–Trinajstić information content (AvgIpc) is 2.77. The smallest absolute Gasteiger partial charge is 0.133 e. The van der Waals surface area contributed by atoms with E-state index < -0.39 is 5.60 Å². The molecule has 0 unspecified atom stereocenters. The van der Waals surface area contributed by atoms with E-state index in [0.717, 1.165) is 48.9 Å². The Morgan fingerprint density at radius 1 is 1.00 bits per heavy atom. The van der Waals surface area contributed by atoms with Crippen molar-refractivity contribution in [3.8, 4) is 0 Å². The molecule has 24 heavy (non-hydrogen) atoms. The van der Waals surface area contributed by atoms with Crippen LogP contribution in [0.5, 0.6) is 0 Å². The second kappa shape index (κ2) is 5.56. The predicted octanol–water partition coefficient (Wildman–Crippen LogP) is 4.84. The van der Waals surface area contributed by atoms with Crippen LogP contribution in [0, 0.1) is 46.8 Å². The molecule has 0 saturated heterocycles. The Kier molecular flexibility index (Phi) is 3.95. The fraction of sp³-hybridized carbons (Fsp3) is 0.955. The summed E-state index contributed by atoms with van der Waals surface area (Å²) in [6, 6.07) is 0. The molecule has 0 aromatic heterocycles. The molecule has 4 fully saturated rings. The Morgan fingerprint density at radius 3 is 2.42 bits per heavy atom. The average molecular weight is 333 g/mol. The van der Waals surface area contributed by atoms with Crippen molar-refractivity contribution in [2.75, 3.05) is 0 Å². The lowest BCUT2D eigenvalue weighted by molar-refractivity contribution is -0.131. The lowest BCUT2D eigenvalue weighted by atomic mass is 9.48. The van der Waals surface area contributed by atoms with Crippen LogP contribution >= 0.6 is 0 Å². The third-order valence-electron chi connectivity index (χ3n) is 9.04. The number of hydrogen-bond donors (Lipinski definition) is 1. The van der Waals surface area contributed by atoms with Gasteiger partial charge in [-0.3, -0.25) is 4.79 Å². The van der Waals surface area contributed by atoms with Gasteiger partial charge in [0.1, 0.15) is 5.78 Å². The number of carbonyl (C=O) groups is 1. The van der Waals surface area contributed by atoms with E-state index in [-0.39, 0.29) is 5.41 Å². The van der Waals surface area contributed by atoms with Crippen LogP contribution in [-0.2, 0) is 4.79 Å². The molecule has 136 valence electrons. The van der Waals surface area contributed by atoms with Crippen molar-refractivity contribution >= 4 is 5.78 Å². The standard InChI is InChI=1S/C22H36O2/c1-13-11-19(14(2)23)22(4)10-8-17-16-7-9-21(3,24)12-15(16)5-6-18(17)20(13)22/h13,15-20,24H,5-12H2,1-4H3/t13-,15-,16+,17-,18-,19-,20+,21-,22-/m1/s1. The summed E-state index contributed by atoms with van der Waals surface area (Å²) < 4.78 is 0. The van der Waals surface area contributed by atoms with Gasteiger partial charge in [0.15, 0.2) is 0 Å². The van der Waals surface area contributed by atoms with Crippen LogP contribution in [0.25, 0.3) is 0 Å². The summed E-state index contributed by atoms with van der Waals surface area (Å²) in [5.74, 6) is 5.51. The fourth-order valence-electron chi connectivity index (χ4n) is 8.25. The molecule has 0 aromatic carbocycles. The maximum Gasteiger partial charge on any atom is 0.133 e. The van der Waals surface area contributed by atoms with Crippen molar-refractivity contribution < 1.29 is 9.90 Å². The predicted molar refractivity (Wildman–Crippen MR) is 96.5 cm³/mol. The molecule has 0 aromatic rings. The van der Waals surface area contributed by atoms with Gasteiger partial charge in [-0.15, -0.1) is 0 Å². The molecule has 4 aliphatic carbocycles. The molecule has 0 radical (unpaired) electrons. The number of rotatable bonds is 1. The Balaban J connectivity index is 1.59. The topological polar surface area (TPSA) is 37.3 Å². The van der Waals surface area contributed by atoms with Crippen molar-refractivity contribution in [1.82, 2.24) is 0 Å². The van der Waals surface area contributed by atoms with Gasteiger partial charge < -0.3 is 5.11 Å². The highest BCUT2D eigenvalue weighted by Gasteiger charge is 2.60. The van der Waals surface area contributed by atoms with Crippen molar-refractivity contribution in [2.45, 2.75) is 84.7 Å². The molecule has 2 heteroatoms. The summed E-state index contributed by atoms with van der Waals surface area (Å²) in [7, 11) is 0. The van der Waals surface area contributed by atoms with E-state index in [4.69, 9.17) is 0 Å². The zero-order chi connectivity index (χ0) is 17.3. The largest absolute Gasteiger partial charge is 0.390 e. The Bertz CT molecular complexity index is 524. The van der Waals surface area contributed by atoms with Crippen LogP contribution in [0.2, 0.25) is 0 Å². The zero-order valence-corrected chi connectivity index (χ0v) is 16.1. The molecular formula is C22H36O2. The van der Waals surface area contributed by atoms with Crippen molar-refractivity contribution in [3.05, 3.63) is 0 Å². The highest BCUT2D eigenvalue weighted by Crippen LogP contribution is 2.66. The summed E-state index contributed by atoms with van der Waals surface area (Å²) in [6.45, 7) is 8.74. The number of ketones is 1. The summed E-state index contributed by atoms with van der Waals surface area (Å²) in [4.78, 5) is 12.3. The minimum atomic E-state index is -0.419. The number of fused-ring (bicyclic) bond motifs is 5. The van der Waals surface area contributed by atoms with Crippen LogP contribution in [0.15, 0.2) is 0 Å². The lowest BCUT2D eigenvalue weighted by Gasteiger charge is -2.57. The molecule has 4 aliphatic rings. The Morgan fingerprint density at radius 2 is 1.71 bits per heavy atom. The Labute approximate surface area is 147 Å². The van der Waals surface area contributed by atoms with Gasteiger partial charge in [0.25, 0.3) is 0 Å². The van der Waals surface area contributed by atoms with Gasteiger partial charge >= 0.3 is 0 Å². The zero-order valence-electron chi connectivity index (χ0n) is 16.1. The van der Waals surface area contributed by atoms with Gasteiger partial charge in [-0.25, -0.2) is 0 Å². The molecule has 1 N–H and O–H groups in total. The fourth-order valence-corrected chi connectivity index (χ4v) is 8.25. The van der Waals surface area contributed by atoms with Gasteiger partial charge in [0, 0.05) is 5.92 Å². The Hall–Kier alpha value is -0.370. The first-order valence-electron chi connectivity index (χ1n) is 10.5. The molecule has 0 spiro atoms. The lowest BCUT2D eigenvalue weighted by Crippen LogP contribution is -2.51. The van der Waals surface area contributed by atoms with Gasteiger partial charge in [-0.1, -0.05) is 13.8 Å². The summed E-state index contributed by atoms with van der Waals surface area (Å²) in [5, 5.41) is 10.5. The third-order valence-corrected chi connectivity index (χ3v) is 9.04. The molecule has 9 atom stereocenters. The quantitative estimate of drug-likeness (QED) is 0.746. The first-order valence-corrected chi connectivity index (χ1v) is 10.5. The molecular weight excluding hydrogens is 296 g/mol. The van der Waals surface area contributed by atoms with Crippen LogP contribution in [-0.4, -0.2) is 16.5 Å². The maximum absolute atomic E-state index is 12.3. The monoisotopic (exact) mass is 332 g/mol. The molecule has 0 aliphatic heterocycles. The second-order valence-electron chi connectivity index (χ2n) is 10.5. The summed E-state index contributed by atoms with van der Waals surface area (Å²) in [6.07, 6.45) is 9.61. The normalized spacial score (nSPS) is 57.0. The number of Topliss-reactive ketones (excluding diaryl/α,β-unsaturated/α-hetero) is 1. The molecule has 0 heterocycles. The first-order chi connectivity index (χ1) is 11.2. The van der Waals surface area contributed by atoms with Crippen LogP contribution in [0.1, 0.15) is 79.1 Å².